The number of rotatable bonds is 4. The van der Waals surface area contributed by atoms with Crippen LogP contribution in [0.15, 0.2) is 30.5 Å². The first-order valence-corrected chi connectivity index (χ1v) is 8.65. The van der Waals surface area contributed by atoms with Crippen molar-refractivity contribution < 1.29 is 4.79 Å². The van der Waals surface area contributed by atoms with E-state index in [0.29, 0.717) is 15.8 Å². The maximum absolute atomic E-state index is 12.0. The largest absolute Gasteiger partial charge is 0.357 e. The number of carbonyl (C=O) groups is 1. The first kappa shape index (κ1) is 15.3. The minimum Gasteiger partial charge on any atom is -0.357 e. The van der Waals surface area contributed by atoms with Crippen LogP contribution >= 0.6 is 22.9 Å². The summed E-state index contributed by atoms with van der Waals surface area (Å²) in [4.78, 5) is 19.4. The van der Waals surface area contributed by atoms with E-state index in [2.05, 4.69) is 15.2 Å². The number of halogens is 1. The summed E-state index contributed by atoms with van der Waals surface area (Å²) < 4.78 is 0.623. The van der Waals surface area contributed by atoms with Crippen molar-refractivity contribution in [2.24, 2.45) is 0 Å². The second-order valence-electron chi connectivity index (χ2n) is 5.36. The number of thiophene rings is 1. The molecule has 6 heteroatoms. The first-order valence-electron chi connectivity index (χ1n) is 7.46. The van der Waals surface area contributed by atoms with Crippen LogP contribution in [0.3, 0.4) is 0 Å². The van der Waals surface area contributed by atoms with E-state index in [9.17, 15) is 4.79 Å². The topological polar surface area (TPSA) is 45.2 Å². The van der Waals surface area contributed by atoms with Crippen molar-refractivity contribution in [3.63, 3.8) is 0 Å². The van der Waals surface area contributed by atoms with Gasteiger partial charge in [-0.05, 0) is 43.0 Å². The Kier molecular flexibility index (Phi) is 4.95. The summed E-state index contributed by atoms with van der Waals surface area (Å²) >= 11 is 7.12. The van der Waals surface area contributed by atoms with Crippen LogP contribution < -0.4 is 10.2 Å². The maximum atomic E-state index is 12.0. The van der Waals surface area contributed by atoms with Crippen LogP contribution in [0, 0.1) is 0 Å². The Bertz CT molecular complexity index is 635. The molecule has 3 heterocycles. The molecule has 0 radical (unpaired) electrons. The second-order valence-corrected chi connectivity index (χ2v) is 7.07. The molecule has 0 unspecified atom stereocenters. The van der Waals surface area contributed by atoms with Gasteiger partial charge in [0.1, 0.15) is 5.82 Å². The van der Waals surface area contributed by atoms with Gasteiger partial charge in [0.05, 0.1) is 9.21 Å². The van der Waals surface area contributed by atoms with Gasteiger partial charge in [0.2, 0.25) is 0 Å². The van der Waals surface area contributed by atoms with Crippen molar-refractivity contribution in [2.45, 2.75) is 25.8 Å². The fourth-order valence-electron chi connectivity index (χ4n) is 2.54. The van der Waals surface area contributed by atoms with Gasteiger partial charge < -0.3 is 10.2 Å². The lowest BCUT2D eigenvalue weighted by Crippen LogP contribution is -2.30. The fourth-order valence-corrected chi connectivity index (χ4v) is 3.50. The van der Waals surface area contributed by atoms with Crippen LogP contribution in [0.2, 0.25) is 4.34 Å². The Labute approximate surface area is 139 Å². The molecule has 116 valence electrons. The zero-order valence-corrected chi connectivity index (χ0v) is 13.8. The summed E-state index contributed by atoms with van der Waals surface area (Å²) in [5.74, 6) is 0.928. The molecule has 1 amide bonds. The van der Waals surface area contributed by atoms with E-state index in [1.165, 1.54) is 30.6 Å². The molecular weight excluding hydrogens is 318 g/mol. The molecule has 0 aromatic carbocycles. The summed E-state index contributed by atoms with van der Waals surface area (Å²) in [6.07, 6.45) is 5.63. The third-order valence-corrected chi connectivity index (χ3v) is 4.97. The highest BCUT2D eigenvalue weighted by Crippen LogP contribution is 2.21. The number of piperidine rings is 1. The van der Waals surface area contributed by atoms with Crippen molar-refractivity contribution in [3.05, 3.63) is 45.2 Å². The smallest absolute Gasteiger partial charge is 0.261 e. The standard InChI is InChI=1S/C16H18ClN3OS/c17-14-6-5-13(22-14)16(21)19-11-12-4-7-15(18-10-12)20-8-2-1-3-9-20/h4-7,10H,1-3,8-9,11H2,(H,19,21). The summed E-state index contributed by atoms with van der Waals surface area (Å²) in [5, 5.41) is 2.89. The van der Waals surface area contributed by atoms with E-state index >= 15 is 0 Å². The normalized spacial score (nSPS) is 14.9. The van der Waals surface area contributed by atoms with E-state index in [-0.39, 0.29) is 5.91 Å². The molecule has 1 fully saturated rings. The number of aromatic nitrogens is 1. The lowest BCUT2D eigenvalue weighted by atomic mass is 10.1. The van der Waals surface area contributed by atoms with Crippen LogP contribution in [0.1, 0.15) is 34.5 Å². The van der Waals surface area contributed by atoms with Crippen LogP contribution in [-0.4, -0.2) is 24.0 Å². The lowest BCUT2D eigenvalue weighted by molar-refractivity contribution is 0.0955. The minimum absolute atomic E-state index is 0.1000. The molecular formula is C16H18ClN3OS. The van der Waals surface area contributed by atoms with Gasteiger partial charge in [0.15, 0.2) is 0 Å². The number of carbonyl (C=O) groups excluding carboxylic acids is 1. The number of nitrogens with zero attached hydrogens (tertiary/aromatic N) is 2. The number of pyridine rings is 1. The number of nitrogens with one attached hydrogen (secondary N) is 1. The van der Waals surface area contributed by atoms with Crippen molar-refractivity contribution in [1.29, 1.82) is 0 Å². The Balaban J connectivity index is 1.55. The highest BCUT2D eigenvalue weighted by atomic mass is 35.5. The van der Waals surface area contributed by atoms with Gasteiger partial charge in [-0.1, -0.05) is 17.7 Å². The Morgan fingerprint density at radius 1 is 1.23 bits per heavy atom. The number of hydrogen-bond donors (Lipinski definition) is 1. The van der Waals surface area contributed by atoms with Crippen molar-refractivity contribution in [2.75, 3.05) is 18.0 Å². The molecule has 0 aliphatic carbocycles. The Morgan fingerprint density at radius 2 is 2.05 bits per heavy atom. The minimum atomic E-state index is -0.1000. The lowest BCUT2D eigenvalue weighted by Gasteiger charge is -2.27. The number of amides is 1. The van der Waals surface area contributed by atoms with Gasteiger partial charge in [0, 0.05) is 25.8 Å². The van der Waals surface area contributed by atoms with E-state index in [4.69, 9.17) is 11.6 Å². The van der Waals surface area contributed by atoms with Crippen molar-refractivity contribution >= 4 is 34.7 Å². The average Bonchev–Trinajstić information content (AvgIpc) is 3.00. The fraction of sp³-hybridized carbons (Fsp3) is 0.375. The van der Waals surface area contributed by atoms with Crippen molar-refractivity contribution in [1.82, 2.24) is 10.3 Å². The van der Waals surface area contributed by atoms with Crippen LogP contribution in [-0.2, 0) is 6.54 Å². The molecule has 0 saturated carbocycles. The van der Waals surface area contributed by atoms with Gasteiger partial charge in [-0.15, -0.1) is 11.3 Å². The number of anilines is 1. The predicted molar refractivity (Wildman–Crippen MR) is 90.8 cm³/mol. The summed E-state index contributed by atoms with van der Waals surface area (Å²) in [5.41, 5.74) is 0.997. The molecule has 1 aliphatic heterocycles. The van der Waals surface area contributed by atoms with E-state index < -0.39 is 0 Å². The first-order chi connectivity index (χ1) is 10.7. The van der Waals surface area contributed by atoms with Gasteiger partial charge in [0.25, 0.3) is 5.91 Å². The third-order valence-electron chi connectivity index (χ3n) is 3.74. The highest BCUT2D eigenvalue weighted by molar-refractivity contribution is 7.17. The van der Waals surface area contributed by atoms with Crippen LogP contribution in [0.25, 0.3) is 0 Å². The molecule has 3 rings (SSSR count). The Hall–Kier alpha value is -1.59. The maximum Gasteiger partial charge on any atom is 0.261 e. The quantitative estimate of drug-likeness (QED) is 0.926. The molecule has 2 aromatic heterocycles. The van der Waals surface area contributed by atoms with E-state index in [1.54, 1.807) is 12.1 Å². The van der Waals surface area contributed by atoms with Gasteiger partial charge in [-0.25, -0.2) is 4.98 Å². The van der Waals surface area contributed by atoms with Gasteiger partial charge in [-0.2, -0.15) is 0 Å². The second kappa shape index (κ2) is 7.11. The van der Waals surface area contributed by atoms with E-state index in [0.717, 1.165) is 24.5 Å². The monoisotopic (exact) mass is 335 g/mol. The number of hydrogen-bond acceptors (Lipinski definition) is 4. The van der Waals surface area contributed by atoms with E-state index in [1.807, 2.05) is 18.3 Å². The Morgan fingerprint density at radius 3 is 2.68 bits per heavy atom. The third kappa shape index (κ3) is 3.78. The zero-order valence-electron chi connectivity index (χ0n) is 12.2. The zero-order chi connectivity index (χ0) is 15.4. The molecule has 22 heavy (non-hydrogen) atoms. The summed E-state index contributed by atoms with van der Waals surface area (Å²) in [6.45, 7) is 2.64. The summed E-state index contributed by atoms with van der Waals surface area (Å²) in [6, 6.07) is 7.53. The van der Waals surface area contributed by atoms with Crippen LogP contribution in [0.4, 0.5) is 5.82 Å². The van der Waals surface area contributed by atoms with Crippen molar-refractivity contribution in [3.8, 4) is 0 Å². The molecule has 0 atom stereocenters. The SMILES string of the molecule is O=C(NCc1ccc(N2CCCCC2)nc1)c1ccc(Cl)s1. The highest BCUT2D eigenvalue weighted by Gasteiger charge is 2.12. The molecule has 1 N–H and O–H groups in total. The molecule has 1 saturated heterocycles. The van der Waals surface area contributed by atoms with Crippen LogP contribution in [0.5, 0.6) is 0 Å². The predicted octanol–water partition coefficient (Wildman–Crippen LogP) is 3.72. The molecule has 1 aliphatic rings. The molecule has 2 aromatic rings. The van der Waals surface area contributed by atoms with Gasteiger partial charge >= 0.3 is 0 Å². The average molecular weight is 336 g/mol. The summed E-state index contributed by atoms with van der Waals surface area (Å²) in [7, 11) is 0. The molecule has 4 nitrogen and oxygen atoms in total. The van der Waals surface area contributed by atoms with Gasteiger partial charge in [-0.3, -0.25) is 4.79 Å². The molecule has 0 bridgehead atoms. The molecule has 0 spiro atoms.